The third-order valence-electron chi connectivity index (χ3n) is 3.07. The number of halogens is 1. The molecule has 0 aromatic heterocycles. The summed E-state index contributed by atoms with van der Waals surface area (Å²) in [5.41, 5.74) is 0.467. The maximum absolute atomic E-state index is 12.1. The largest absolute Gasteiger partial charge is 0.340 e. The van der Waals surface area contributed by atoms with Gasteiger partial charge in [-0.05, 0) is 34.5 Å². The highest BCUT2D eigenvalue weighted by molar-refractivity contribution is 9.10. The van der Waals surface area contributed by atoms with Gasteiger partial charge in [-0.3, -0.25) is 19.3 Å². The molecule has 1 N–H and O–H groups in total. The van der Waals surface area contributed by atoms with Crippen molar-refractivity contribution < 1.29 is 14.4 Å². The average molecular weight is 325 g/mol. The van der Waals surface area contributed by atoms with Gasteiger partial charge in [-0.2, -0.15) is 0 Å². The van der Waals surface area contributed by atoms with Gasteiger partial charge in [-0.1, -0.05) is 12.1 Å². The number of benzene rings is 1. The Morgan fingerprint density at radius 3 is 2.74 bits per heavy atom. The van der Waals surface area contributed by atoms with E-state index in [0.29, 0.717) is 16.5 Å². The Morgan fingerprint density at radius 2 is 2.05 bits per heavy atom. The van der Waals surface area contributed by atoms with Gasteiger partial charge in [-0.15, -0.1) is 0 Å². The topological polar surface area (TPSA) is 66.5 Å². The lowest BCUT2D eigenvalue weighted by atomic mass is 10.0. The van der Waals surface area contributed by atoms with E-state index >= 15 is 0 Å². The maximum atomic E-state index is 12.1. The smallest absolute Gasteiger partial charge is 0.253 e. The van der Waals surface area contributed by atoms with E-state index in [-0.39, 0.29) is 24.1 Å². The summed E-state index contributed by atoms with van der Waals surface area (Å²) in [7, 11) is 1.43. The van der Waals surface area contributed by atoms with E-state index in [1.807, 2.05) is 0 Å². The van der Waals surface area contributed by atoms with E-state index in [1.165, 1.54) is 7.05 Å². The van der Waals surface area contributed by atoms with Gasteiger partial charge in [0.2, 0.25) is 5.91 Å². The Morgan fingerprint density at radius 1 is 1.37 bits per heavy atom. The van der Waals surface area contributed by atoms with Crippen LogP contribution in [-0.4, -0.2) is 35.7 Å². The van der Waals surface area contributed by atoms with E-state index in [2.05, 4.69) is 21.2 Å². The maximum Gasteiger partial charge on any atom is 0.253 e. The first-order valence-electron chi connectivity index (χ1n) is 5.86. The van der Waals surface area contributed by atoms with Crippen molar-refractivity contribution in [3.05, 3.63) is 34.3 Å². The van der Waals surface area contributed by atoms with Crippen molar-refractivity contribution in [3.8, 4) is 0 Å². The zero-order valence-corrected chi connectivity index (χ0v) is 11.9. The van der Waals surface area contributed by atoms with Crippen molar-refractivity contribution in [2.75, 3.05) is 7.05 Å². The van der Waals surface area contributed by atoms with Gasteiger partial charge in [0.05, 0.1) is 5.56 Å². The number of imide groups is 1. The predicted octanol–water partition coefficient (Wildman–Crippen LogP) is 1.33. The number of carbonyl (C=O) groups excluding carboxylic acids is 3. The molecule has 1 saturated heterocycles. The van der Waals surface area contributed by atoms with E-state index in [0.717, 1.165) is 4.90 Å². The normalized spacial score (nSPS) is 19.5. The zero-order valence-electron chi connectivity index (χ0n) is 10.4. The van der Waals surface area contributed by atoms with E-state index in [4.69, 9.17) is 0 Å². The van der Waals surface area contributed by atoms with Crippen LogP contribution in [-0.2, 0) is 9.59 Å². The first kappa shape index (κ1) is 13.7. The van der Waals surface area contributed by atoms with Crippen LogP contribution in [0.5, 0.6) is 0 Å². The minimum absolute atomic E-state index is 0.212. The molecule has 3 amide bonds. The molecule has 6 heteroatoms. The highest BCUT2D eigenvalue weighted by Crippen LogP contribution is 2.17. The first-order chi connectivity index (χ1) is 9.00. The SMILES string of the molecule is CN1C(=O)CCC(NC(=O)c2ccccc2Br)C1=O. The van der Waals surface area contributed by atoms with Crippen LogP contribution in [0.4, 0.5) is 0 Å². The third kappa shape index (κ3) is 2.84. The number of hydrogen-bond donors (Lipinski definition) is 1. The molecule has 1 unspecified atom stereocenters. The van der Waals surface area contributed by atoms with Crippen molar-refractivity contribution in [1.29, 1.82) is 0 Å². The van der Waals surface area contributed by atoms with Gasteiger partial charge in [0.1, 0.15) is 6.04 Å². The van der Waals surface area contributed by atoms with Crippen LogP contribution in [0.2, 0.25) is 0 Å². The third-order valence-corrected chi connectivity index (χ3v) is 3.76. The molecule has 1 heterocycles. The standard InChI is InChI=1S/C13H13BrN2O3/c1-16-11(17)7-6-10(13(16)19)15-12(18)8-4-2-3-5-9(8)14/h2-5,10H,6-7H2,1H3,(H,15,18). The second-order valence-corrected chi connectivity index (χ2v) is 5.19. The van der Waals surface area contributed by atoms with Crippen LogP contribution in [0.3, 0.4) is 0 Å². The summed E-state index contributed by atoms with van der Waals surface area (Å²) in [4.78, 5) is 36.3. The summed E-state index contributed by atoms with van der Waals surface area (Å²) < 4.78 is 0.667. The number of nitrogens with zero attached hydrogens (tertiary/aromatic N) is 1. The van der Waals surface area contributed by atoms with Gasteiger partial charge < -0.3 is 5.32 Å². The van der Waals surface area contributed by atoms with Gasteiger partial charge in [0.15, 0.2) is 0 Å². The molecule has 0 saturated carbocycles. The van der Waals surface area contributed by atoms with Gasteiger partial charge in [0, 0.05) is 17.9 Å². The fourth-order valence-corrected chi connectivity index (χ4v) is 2.40. The number of nitrogens with one attached hydrogen (secondary N) is 1. The van der Waals surface area contributed by atoms with E-state index in [9.17, 15) is 14.4 Å². The zero-order chi connectivity index (χ0) is 14.0. The molecule has 1 fully saturated rings. The quantitative estimate of drug-likeness (QED) is 0.834. The van der Waals surface area contributed by atoms with Crippen LogP contribution in [0, 0.1) is 0 Å². The van der Waals surface area contributed by atoms with Crippen LogP contribution < -0.4 is 5.32 Å². The van der Waals surface area contributed by atoms with Crippen LogP contribution in [0.25, 0.3) is 0 Å². The Hall–Kier alpha value is -1.69. The first-order valence-corrected chi connectivity index (χ1v) is 6.66. The molecule has 0 spiro atoms. The summed E-state index contributed by atoms with van der Waals surface area (Å²) in [6.45, 7) is 0. The lowest BCUT2D eigenvalue weighted by Gasteiger charge is -2.28. The lowest BCUT2D eigenvalue weighted by Crippen LogP contribution is -2.52. The minimum Gasteiger partial charge on any atom is -0.340 e. The summed E-state index contributed by atoms with van der Waals surface area (Å²) >= 11 is 3.29. The van der Waals surface area contributed by atoms with Gasteiger partial charge >= 0.3 is 0 Å². The number of amides is 3. The molecule has 19 heavy (non-hydrogen) atoms. The number of carbonyl (C=O) groups is 3. The highest BCUT2D eigenvalue weighted by Gasteiger charge is 2.32. The van der Waals surface area contributed by atoms with Crippen molar-refractivity contribution >= 4 is 33.7 Å². The summed E-state index contributed by atoms with van der Waals surface area (Å²) in [6.07, 6.45) is 0.612. The molecular formula is C13H13BrN2O3. The van der Waals surface area contributed by atoms with Crippen LogP contribution in [0.1, 0.15) is 23.2 Å². The molecule has 1 aromatic rings. The Balaban J connectivity index is 2.10. The van der Waals surface area contributed by atoms with E-state index in [1.54, 1.807) is 24.3 Å². The minimum atomic E-state index is -0.637. The van der Waals surface area contributed by atoms with Crippen molar-refractivity contribution in [3.63, 3.8) is 0 Å². The fraction of sp³-hybridized carbons (Fsp3) is 0.308. The number of hydrogen-bond acceptors (Lipinski definition) is 3. The van der Waals surface area contributed by atoms with Crippen molar-refractivity contribution in [1.82, 2.24) is 10.2 Å². The number of likely N-dealkylation sites (tertiary alicyclic amines) is 1. The van der Waals surface area contributed by atoms with Gasteiger partial charge in [-0.25, -0.2) is 0 Å². The fourth-order valence-electron chi connectivity index (χ4n) is 1.93. The second-order valence-electron chi connectivity index (χ2n) is 4.34. The molecule has 5 nitrogen and oxygen atoms in total. The molecule has 100 valence electrons. The molecule has 1 aliphatic heterocycles. The predicted molar refractivity (Wildman–Crippen MR) is 72.4 cm³/mol. The summed E-state index contributed by atoms with van der Waals surface area (Å²) in [5.74, 6) is -0.901. The number of likely N-dealkylation sites (N-methyl/N-ethyl adjacent to an activating group) is 1. The number of piperidine rings is 1. The molecule has 0 aliphatic carbocycles. The summed E-state index contributed by atoms with van der Waals surface area (Å²) in [6, 6.07) is 6.34. The van der Waals surface area contributed by atoms with Crippen LogP contribution in [0.15, 0.2) is 28.7 Å². The number of rotatable bonds is 2. The highest BCUT2D eigenvalue weighted by atomic mass is 79.9. The Labute approximate surface area is 119 Å². The molecule has 0 bridgehead atoms. The molecule has 2 rings (SSSR count). The van der Waals surface area contributed by atoms with Crippen molar-refractivity contribution in [2.24, 2.45) is 0 Å². The Bertz CT molecular complexity index is 544. The summed E-state index contributed by atoms with van der Waals surface area (Å²) in [5, 5.41) is 2.66. The monoisotopic (exact) mass is 324 g/mol. The Kier molecular flexibility index (Phi) is 3.99. The molecule has 0 radical (unpaired) electrons. The molecule has 1 aliphatic rings. The lowest BCUT2D eigenvalue weighted by molar-refractivity contribution is -0.147. The van der Waals surface area contributed by atoms with E-state index < -0.39 is 6.04 Å². The molecule has 1 aromatic carbocycles. The second kappa shape index (κ2) is 5.52. The average Bonchev–Trinajstić information content (AvgIpc) is 2.40. The van der Waals surface area contributed by atoms with Crippen molar-refractivity contribution in [2.45, 2.75) is 18.9 Å². The molecule has 1 atom stereocenters. The van der Waals surface area contributed by atoms with Crippen LogP contribution >= 0.6 is 15.9 Å². The molecular weight excluding hydrogens is 312 g/mol. The van der Waals surface area contributed by atoms with Gasteiger partial charge in [0.25, 0.3) is 11.8 Å².